The first-order chi connectivity index (χ1) is 7.24. The zero-order valence-electron chi connectivity index (χ0n) is 8.90. The molecule has 0 aliphatic heterocycles. The first-order valence-electron chi connectivity index (χ1n) is 4.67. The highest BCUT2D eigenvalue weighted by Crippen LogP contribution is 2.15. The second-order valence-electron chi connectivity index (χ2n) is 3.00. The molecule has 0 amide bonds. The fourth-order valence-electron chi connectivity index (χ4n) is 1.07. The molecule has 0 N–H and O–H groups in total. The second-order valence-corrected chi connectivity index (χ2v) is 3.00. The van der Waals surface area contributed by atoms with Gasteiger partial charge in [0.15, 0.2) is 0 Å². The van der Waals surface area contributed by atoms with E-state index in [-0.39, 0.29) is 5.97 Å². The molecule has 0 atom stereocenters. The van der Waals surface area contributed by atoms with Crippen LogP contribution in [0, 0.1) is 6.92 Å². The second kappa shape index (κ2) is 5.86. The molecule has 3 nitrogen and oxygen atoms in total. The van der Waals surface area contributed by atoms with E-state index < -0.39 is 0 Å². The average molecular weight is 206 g/mol. The van der Waals surface area contributed by atoms with Gasteiger partial charge in [-0.2, -0.15) is 0 Å². The van der Waals surface area contributed by atoms with Gasteiger partial charge in [-0.05, 0) is 24.6 Å². The van der Waals surface area contributed by atoms with Crippen LogP contribution in [0.3, 0.4) is 0 Å². The maximum absolute atomic E-state index is 10.7. The van der Waals surface area contributed by atoms with E-state index in [0.29, 0.717) is 6.61 Å². The van der Waals surface area contributed by atoms with Crippen LogP contribution in [0.4, 0.5) is 0 Å². The Morgan fingerprint density at radius 3 is 2.80 bits per heavy atom. The lowest BCUT2D eigenvalue weighted by molar-refractivity contribution is -0.134. The topological polar surface area (TPSA) is 35.5 Å². The molecule has 1 aromatic rings. The fraction of sp³-hybridized carbons (Fsp3) is 0.250. The molecule has 0 aromatic heterocycles. The van der Waals surface area contributed by atoms with Crippen molar-refractivity contribution in [2.45, 2.75) is 6.92 Å². The molecular formula is C12H14O3. The fourth-order valence-corrected chi connectivity index (χ4v) is 1.07. The molecule has 3 heteroatoms. The molecule has 0 saturated heterocycles. The lowest BCUT2D eigenvalue weighted by Gasteiger charge is -2.05. The van der Waals surface area contributed by atoms with Gasteiger partial charge < -0.3 is 9.47 Å². The Bertz CT molecular complexity index is 356. The Kier molecular flexibility index (Phi) is 4.41. The van der Waals surface area contributed by atoms with Crippen LogP contribution < -0.4 is 4.74 Å². The predicted molar refractivity (Wildman–Crippen MR) is 57.8 cm³/mol. The summed E-state index contributed by atoms with van der Waals surface area (Å²) in [4.78, 5) is 10.7. The van der Waals surface area contributed by atoms with Crippen LogP contribution in [-0.4, -0.2) is 19.7 Å². The first kappa shape index (κ1) is 11.3. The van der Waals surface area contributed by atoms with E-state index in [1.165, 1.54) is 13.2 Å². The number of hydrogen-bond donors (Lipinski definition) is 0. The molecule has 0 bridgehead atoms. The maximum Gasteiger partial charge on any atom is 0.330 e. The largest absolute Gasteiger partial charge is 0.489 e. The molecule has 1 aromatic carbocycles. The van der Waals surface area contributed by atoms with Crippen molar-refractivity contribution in [2.75, 3.05) is 13.7 Å². The normalized spacial score (nSPS) is 10.3. The SMILES string of the molecule is COC(=O)/C=C/COc1ccccc1C. The van der Waals surface area contributed by atoms with Gasteiger partial charge in [-0.3, -0.25) is 0 Å². The number of methoxy groups -OCH3 is 1. The highest BCUT2D eigenvalue weighted by atomic mass is 16.5. The van der Waals surface area contributed by atoms with Gasteiger partial charge in [-0.1, -0.05) is 18.2 Å². The number of ether oxygens (including phenoxy) is 2. The summed E-state index contributed by atoms with van der Waals surface area (Å²) < 4.78 is 9.88. The number of hydrogen-bond acceptors (Lipinski definition) is 3. The Labute approximate surface area is 89.3 Å². The van der Waals surface area contributed by atoms with Gasteiger partial charge >= 0.3 is 5.97 Å². The van der Waals surface area contributed by atoms with E-state index in [1.807, 2.05) is 31.2 Å². The zero-order valence-corrected chi connectivity index (χ0v) is 8.90. The number of rotatable bonds is 4. The number of aryl methyl sites for hydroxylation is 1. The summed E-state index contributed by atoms with van der Waals surface area (Å²) in [6.07, 6.45) is 2.97. The van der Waals surface area contributed by atoms with E-state index in [0.717, 1.165) is 11.3 Å². The van der Waals surface area contributed by atoms with Crippen LogP contribution in [-0.2, 0) is 9.53 Å². The molecule has 0 aliphatic carbocycles. The van der Waals surface area contributed by atoms with E-state index in [1.54, 1.807) is 6.08 Å². The minimum absolute atomic E-state index is 0.361. The van der Waals surface area contributed by atoms with Crippen LogP contribution in [0.5, 0.6) is 5.75 Å². The van der Waals surface area contributed by atoms with Gasteiger partial charge in [0.1, 0.15) is 12.4 Å². The Morgan fingerprint density at radius 1 is 1.40 bits per heavy atom. The molecule has 80 valence electrons. The van der Waals surface area contributed by atoms with Gasteiger partial charge in [-0.15, -0.1) is 0 Å². The summed E-state index contributed by atoms with van der Waals surface area (Å²) in [6, 6.07) is 7.72. The van der Waals surface area contributed by atoms with Crippen LogP contribution >= 0.6 is 0 Å². The van der Waals surface area contributed by atoms with Gasteiger partial charge in [-0.25, -0.2) is 4.79 Å². The Hall–Kier alpha value is -1.77. The summed E-state index contributed by atoms with van der Waals surface area (Å²) in [6.45, 7) is 2.33. The van der Waals surface area contributed by atoms with Crippen LogP contribution in [0.25, 0.3) is 0 Å². The highest BCUT2D eigenvalue weighted by molar-refractivity contribution is 5.81. The molecule has 0 radical (unpaired) electrons. The van der Waals surface area contributed by atoms with Gasteiger partial charge in [0.25, 0.3) is 0 Å². The molecule has 0 unspecified atom stereocenters. The van der Waals surface area contributed by atoms with Crippen LogP contribution in [0.2, 0.25) is 0 Å². The van der Waals surface area contributed by atoms with Crippen LogP contribution in [0.15, 0.2) is 36.4 Å². The first-order valence-corrected chi connectivity index (χ1v) is 4.67. The zero-order chi connectivity index (χ0) is 11.1. The molecule has 0 aliphatic rings. The van der Waals surface area contributed by atoms with Crippen molar-refractivity contribution in [2.24, 2.45) is 0 Å². The van der Waals surface area contributed by atoms with Crippen molar-refractivity contribution >= 4 is 5.97 Å². The summed E-state index contributed by atoms with van der Waals surface area (Å²) in [5.41, 5.74) is 1.07. The Morgan fingerprint density at radius 2 is 2.13 bits per heavy atom. The molecule has 1 rings (SSSR count). The number of carbonyl (C=O) groups is 1. The summed E-state index contributed by atoms with van der Waals surface area (Å²) in [5, 5.41) is 0. The van der Waals surface area contributed by atoms with Crippen molar-refractivity contribution < 1.29 is 14.3 Å². The third-order valence-electron chi connectivity index (χ3n) is 1.88. The molecular weight excluding hydrogens is 192 g/mol. The third-order valence-corrected chi connectivity index (χ3v) is 1.88. The van der Waals surface area contributed by atoms with E-state index in [4.69, 9.17) is 4.74 Å². The maximum atomic E-state index is 10.7. The average Bonchev–Trinajstić information content (AvgIpc) is 2.26. The van der Waals surface area contributed by atoms with Crippen molar-refractivity contribution in [3.63, 3.8) is 0 Å². The van der Waals surface area contributed by atoms with Gasteiger partial charge in [0.2, 0.25) is 0 Å². The number of benzene rings is 1. The van der Waals surface area contributed by atoms with E-state index in [2.05, 4.69) is 4.74 Å². The number of para-hydroxylation sites is 1. The number of esters is 1. The van der Waals surface area contributed by atoms with E-state index >= 15 is 0 Å². The standard InChI is InChI=1S/C12H14O3/c1-10-6-3-4-7-11(10)15-9-5-8-12(13)14-2/h3-8H,9H2,1-2H3/b8-5+. The predicted octanol–water partition coefficient (Wildman–Crippen LogP) is 2.10. The van der Waals surface area contributed by atoms with Gasteiger partial charge in [0.05, 0.1) is 7.11 Å². The van der Waals surface area contributed by atoms with Gasteiger partial charge in [0, 0.05) is 6.08 Å². The molecule has 0 saturated carbocycles. The van der Waals surface area contributed by atoms with Crippen molar-refractivity contribution in [3.8, 4) is 5.75 Å². The molecule has 0 heterocycles. The summed E-state index contributed by atoms with van der Waals surface area (Å²) in [7, 11) is 1.34. The molecule has 0 fully saturated rings. The third kappa shape index (κ3) is 3.85. The smallest absolute Gasteiger partial charge is 0.330 e. The van der Waals surface area contributed by atoms with Crippen molar-refractivity contribution in [3.05, 3.63) is 42.0 Å². The lowest BCUT2D eigenvalue weighted by Crippen LogP contribution is -1.98. The highest BCUT2D eigenvalue weighted by Gasteiger charge is 1.95. The monoisotopic (exact) mass is 206 g/mol. The lowest BCUT2D eigenvalue weighted by atomic mass is 10.2. The molecule has 15 heavy (non-hydrogen) atoms. The summed E-state index contributed by atoms with van der Waals surface area (Å²) >= 11 is 0. The summed E-state index contributed by atoms with van der Waals surface area (Å²) in [5.74, 6) is 0.454. The van der Waals surface area contributed by atoms with Crippen molar-refractivity contribution in [1.29, 1.82) is 0 Å². The molecule has 0 spiro atoms. The Balaban J connectivity index is 2.41. The van der Waals surface area contributed by atoms with E-state index in [9.17, 15) is 4.79 Å². The minimum atomic E-state index is -0.372. The van der Waals surface area contributed by atoms with Crippen LogP contribution in [0.1, 0.15) is 5.56 Å². The number of carbonyl (C=O) groups excluding carboxylic acids is 1. The minimum Gasteiger partial charge on any atom is -0.489 e. The van der Waals surface area contributed by atoms with Crippen molar-refractivity contribution in [1.82, 2.24) is 0 Å². The quantitative estimate of drug-likeness (QED) is 0.559.